The van der Waals surface area contributed by atoms with E-state index in [1.165, 1.54) is 44.4 Å². The number of carbonyl (C=O) groups is 1. The number of ether oxygens (including phenoxy) is 1. The van der Waals surface area contributed by atoms with Gasteiger partial charge in [0.2, 0.25) is 0 Å². The van der Waals surface area contributed by atoms with Crippen molar-refractivity contribution >= 4 is 17.2 Å². The molecule has 2 bridgehead atoms. The molecular formula is C16H19N3O3S. The second kappa shape index (κ2) is 5.98. The largest absolute Gasteiger partial charge is 0.454 e. The lowest BCUT2D eigenvalue weighted by Crippen LogP contribution is -2.57. The highest BCUT2D eigenvalue weighted by atomic mass is 32.1. The van der Waals surface area contributed by atoms with Gasteiger partial charge in [-0.3, -0.25) is 4.79 Å². The average Bonchev–Trinajstić information content (AvgIpc) is 3.25. The van der Waals surface area contributed by atoms with Crippen LogP contribution in [0.4, 0.5) is 0 Å². The van der Waals surface area contributed by atoms with E-state index in [1.54, 1.807) is 6.20 Å². The van der Waals surface area contributed by atoms with E-state index in [0.717, 1.165) is 11.4 Å². The molecule has 1 unspecified atom stereocenters. The van der Waals surface area contributed by atoms with Gasteiger partial charge < -0.3 is 19.4 Å². The lowest BCUT2D eigenvalue weighted by molar-refractivity contribution is 0.0622. The van der Waals surface area contributed by atoms with Crippen LogP contribution in [0.25, 0.3) is 10.6 Å². The van der Waals surface area contributed by atoms with Crippen LogP contribution in [0.15, 0.2) is 22.7 Å². The van der Waals surface area contributed by atoms with Crippen LogP contribution in [0, 0.1) is 5.92 Å². The van der Waals surface area contributed by atoms with Gasteiger partial charge in [-0.15, -0.1) is 11.3 Å². The van der Waals surface area contributed by atoms with Crippen molar-refractivity contribution in [3.05, 3.63) is 23.2 Å². The molecule has 3 fully saturated rings. The van der Waals surface area contributed by atoms with Gasteiger partial charge in [-0.2, -0.15) is 4.98 Å². The minimum atomic E-state index is 0.00600. The van der Waals surface area contributed by atoms with Crippen LogP contribution >= 0.6 is 11.3 Å². The molecule has 6 nitrogen and oxygen atoms in total. The number of methoxy groups -OCH3 is 1. The zero-order chi connectivity index (χ0) is 15.8. The molecule has 7 heteroatoms. The first-order valence-electron chi connectivity index (χ1n) is 7.86. The topological polar surface area (TPSA) is 67.6 Å². The van der Waals surface area contributed by atoms with Crippen molar-refractivity contribution < 1.29 is 13.9 Å². The molecule has 1 amide bonds. The molecule has 23 heavy (non-hydrogen) atoms. The molecule has 122 valence electrons. The Morgan fingerprint density at radius 2 is 2.26 bits per heavy atom. The van der Waals surface area contributed by atoms with Gasteiger partial charge in [0.05, 0.1) is 23.1 Å². The fraction of sp³-hybridized carbons (Fsp3) is 0.500. The maximum atomic E-state index is 12.5. The normalized spacial score (nSPS) is 26.2. The van der Waals surface area contributed by atoms with Crippen LogP contribution < -0.4 is 10.1 Å². The van der Waals surface area contributed by atoms with Crippen LogP contribution in [-0.2, 0) is 0 Å². The molecule has 3 saturated heterocycles. The van der Waals surface area contributed by atoms with Crippen molar-refractivity contribution in [2.75, 3.05) is 26.7 Å². The quantitative estimate of drug-likeness (QED) is 0.929. The predicted molar refractivity (Wildman–Crippen MR) is 86.8 cm³/mol. The van der Waals surface area contributed by atoms with E-state index >= 15 is 0 Å². The summed E-state index contributed by atoms with van der Waals surface area (Å²) in [5.74, 6) is 1.25. The van der Waals surface area contributed by atoms with Crippen molar-refractivity contribution in [2.45, 2.75) is 18.9 Å². The molecule has 5 heterocycles. The third-order valence-corrected chi connectivity index (χ3v) is 5.80. The molecule has 1 atom stereocenters. The number of carbonyl (C=O) groups excluding carboxylic acids is 1. The summed E-state index contributed by atoms with van der Waals surface area (Å²) >= 11 is 1.41. The number of hydrogen-bond donors (Lipinski definition) is 1. The standard InChI is InChI=1S/C16H19N3O3S/c1-21-16-17-8-12(22-16)13-2-3-14(23-13)15(20)18-11-9-19-6-4-10(11)5-7-19/h2-3,8,10-11H,4-7,9H2,1H3,(H,18,20). The molecule has 0 aromatic carbocycles. The highest BCUT2D eigenvalue weighted by Gasteiger charge is 2.35. The first kappa shape index (κ1) is 14.7. The van der Waals surface area contributed by atoms with Gasteiger partial charge in [0.1, 0.15) is 0 Å². The molecule has 5 rings (SSSR count). The van der Waals surface area contributed by atoms with E-state index in [9.17, 15) is 4.79 Å². The predicted octanol–water partition coefficient (Wildman–Crippen LogP) is 2.24. The first-order valence-corrected chi connectivity index (χ1v) is 8.68. The van der Waals surface area contributed by atoms with E-state index in [-0.39, 0.29) is 18.0 Å². The van der Waals surface area contributed by atoms with Gasteiger partial charge in [-0.1, -0.05) is 0 Å². The Bertz CT molecular complexity index is 703. The number of aromatic nitrogens is 1. The Morgan fingerprint density at radius 1 is 1.43 bits per heavy atom. The first-order chi connectivity index (χ1) is 11.2. The highest BCUT2D eigenvalue weighted by molar-refractivity contribution is 7.17. The van der Waals surface area contributed by atoms with Crippen LogP contribution in [0.5, 0.6) is 6.08 Å². The molecule has 3 aliphatic rings. The van der Waals surface area contributed by atoms with E-state index in [0.29, 0.717) is 16.6 Å². The van der Waals surface area contributed by atoms with Gasteiger partial charge >= 0.3 is 6.08 Å². The van der Waals surface area contributed by atoms with E-state index in [4.69, 9.17) is 9.15 Å². The van der Waals surface area contributed by atoms with Crippen molar-refractivity contribution in [2.24, 2.45) is 5.92 Å². The minimum Gasteiger partial charge on any atom is -0.454 e. The van der Waals surface area contributed by atoms with E-state index < -0.39 is 0 Å². The molecule has 3 aliphatic heterocycles. The SMILES string of the molecule is COc1ncc(-c2ccc(C(=O)NC3CN4CCC3CC4)s2)o1. The summed E-state index contributed by atoms with van der Waals surface area (Å²) < 4.78 is 10.4. The lowest BCUT2D eigenvalue weighted by Gasteiger charge is -2.44. The summed E-state index contributed by atoms with van der Waals surface area (Å²) in [5.41, 5.74) is 0. The maximum absolute atomic E-state index is 12.5. The monoisotopic (exact) mass is 333 g/mol. The Labute approximate surface area is 138 Å². The van der Waals surface area contributed by atoms with Crippen LogP contribution in [0.1, 0.15) is 22.5 Å². The summed E-state index contributed by atoms with van der Waals surface area (Å²) in [7, 11) is 1.51. The van der Waals surface area contributed by atoms with Gasteiger partial charge in [0.15, 0.2) is 5.76 Å². The molecule has 0 radical (unpaired) electrons. The van der Waals surface area contributed by atoms with Crippen molar-refractivity contribution in [3.63, 3.8) is 0 Å². The zero-order valence-corrected chi connectivity index (χ0v) is 13.8. The lowest BCUT2D eigenvalue weighted by atomic mass is 9.84. The summed E-state index contributed by atoms with van der Waals surface area (Å²) in [6.07, 6.45) is 4.23. The average molecular weight is 333 g/mol. The number of hydrogen-bond acceptors (Lipinski definition) is 6. The smallest absolute Gasteiger partial charge is 0.393 e. The minimum absolute atomic E-state index is 0.00600. The Balaban J connectivity index is 1.45. The van der Waals surface area contributed by atoms with E-state index in [2.05, 4.69) is 15.2 Å². The number of amides is 1. The summed E-state index contributed by atoms with van der Waals surface area (Å²) in [4.78, 5) is 20.5. The molecule has 0 spiro atoms. The molecular weight excluding hydrogens is 314 g/mol. The second-order valence-electron chi connectivity index (χ2n) is 6.08. The fourth-order valence-corrected chi connectivity index (χ4v) is 4.28. The van der Waals surface area contributed by atoms with E-state index in [1.807, 2.05) is 12.1 Å². The van der Waals surface area contributed by atoms with Crippen LogP contribution in [0.2, 0.25) is 0 Å². The summed E-state index contributed by atoms with van der Waals surface area (Å²) in [6.45, 7) is 3.33. The molecule has 0 aliphatic carbocycles. The van der Waals surface area contributed by atoms with Gasteiger partial charge in [0, 0.05) is 12.6 Å². The number of oxazole rings is 1. The highest BCUT2D eigenvalue weighted by Crippen LogP contribution is 2.31. The van der Waals surface area contributed by atoms with Crippen molar-refractivity contribution in [1.29, 1.82) is 0 Å². The number of thiophene rings is 1. The number of piperidine rings is 3. The zero-order valence-electron chi connectivity index (χ0n) is 12.9. The third kappa shape index (κ3) is 2.86. The molecule has 1 N–H and O–H groups in total. The molecule has 2 aromatic heterocycles. The number of nitrogens with zero attached hydrogens (tertiary/aromatic N) is 2. The Kier molecular flexibility index (Phi) is 3.82. The number of fused-ring (bicyclic) bond motifs is 3. The third-order valence-electron chi connectivity index (χ3n) is 4.70. The van der Waals surface area contributed by atoms with Gasteiger partial charge in [-0.05, 0) is 44.0 Å². The fourth-order valence-electron chi connectivity index (χ4n) is 3.43. The number of nitrogens with one attached hydrogen (secondary N) is 1. The Morgan fingerprint density at radius 3 is 2.91 bits per heavy atom. The van der Waals surface area contributed by atoms with Crippen LogP contribution in [-0.4, -0.2) is 48.6 Å². The van der Waals surface area contributed by atoms with Crippen LogP contribution in [0.3, 0.4) is 0 Å². The maximum Gasteiger partial charge on any atom is 0.393 e. The molecule has 0 saturated carbocycles. The Hall–Kier alpha value is -1.86. The van der Waals surface area contributed by atoms with Gasteiger partial charge in [-0.25, -0.2) is 0 Å². The van der Waals surface area contributed by atoms with Gasteiger partial charge in [0.25, 0.3) is 5.91 Å². The molecule has 2 aromatic rings. The van der Waals surface area contributed by atoms with Crippen molar-refractivity contribution in [3.8, 4) is 16.7 Å². The second-order valence-corrected chi connectivity index (χ2v) is 7.16. The number of rotatable bonds is 4. The van der Waals surface area contributed by atoms with Crippen molar-refractivity contribution in [1.82, 2.24) is 15.2 Å². The summed E-state index contributed by atoms with van der Waals surface area (Å²) in [6, 6.07) is 4.00. The summed E-state index contributed by atoms with van der Waals surface area (Å²) in [5, 5.41) is 3.21.